The van der Waals surface area contributed by atoms with Gasteiger partial charge in [0.1, 0.15) is 0 Å². The third-order valence-electron chi connectivity index (χ3n) is 4.35. The average Bonchev–Trinajstić information content (AvgIpc) is 2.40. The van der Waals surface area contributed by atoms with Crippen molar-refractivity contribution in [3.05, 3.63) is 0 Å². The molecule has 0 spiro atoms. The number of hydrogen-bond acceptors (Lipinski definition) is 4. The highest BCUT2D eigenvalue weighted by Crippen LogP contribution is 2.31. The van der Waals surface area contributed by atoms with Crippen LogP contribution in [0.1, 0.15) is 26.2 Å². The van der Waals surface area contributed by atoms with E-state index in [1.807, 2.05) is 7.11 Å². The molecule has 0 aromatic rings. The maximum Gasteiger partial charge on any atom is 0.0700 e. The average molecular weight is 256 g/mol. The Bertz CT molecular complexity index is 236. The third-order valence-corrected chi connectivity index (χ3v) is 4.35. The molecule has 0 bridgehead atoms. The minimum atomic E-state index is 0.357. The van der Waals surface area contributed by atoms with Crippen molar-refractivity contribution in [2.75, 3.05) is 53.0 Å². The van der Waals surface area contributed by atoms with Crippen LogP contribution in [0.4, 0.5) is 0 Å². The summed E-state index contributed by atoms with van der Waals surface area (Å²) in [5.41, 5.74) is 0.357. The Balaban J connectivity index is 1.91. The van der Waals surface area contributed by atoms with E-state index in [0.29, 0.717) is 11.5 Å². The molecule has 0 aromatic carbocycles. The molecule has 2 aliphatic heterocycles. The Kier molecular flexibility index (Phi) is 5.42. The summed E-state index contributed by atoms with van der Waals surface area (Å²) in [5.74, 6) is 0. The quantitative estimate of drug-likeness (QED) is 0.799. The van der Waals surface area contributed by atoms with E-state index in [1.165, 1.54) is 19.4 Å². The summed E-state index contributed by atoms with van der Waals surface area (Å²) in [6, 6.07) is 0. The minimum Gasteiger partial charge on any atom is -0.384 e. The van der Waals surface area contributed by atoms with E-state index in [1.54, 1.807) is 0 Å². The van der Waals surface area contributed by atoms with Crippen molar-refractivity contribution >= 4 is 0 Å². The van der Waals surface area contributed by atoms with Crippen LogP contribution in [0.5, 0.6) is 0 Å². The lowest BCUT2D eigenvalue weighted by molar-refractivity contribution is -0.0567. The van der Waals surface area contributed by atoms with Crippen LogP contribution in [0.3, 0.4) is 0 Å². The highest BCUT2D eigenvalue weighted by molar-refractivity contribution is 4.88. The van der Waals surface area contributed by atoms with Crippen molar-refractivity contribution in [1.82, 2.24) is 10.2 Å². The summed E-state index contributed by atoms with van der Waals surface area (Å²) in [6.45, 7) is 9.59. The zero-order valence-corrected chi connectivity index (χ0v) is 11.9. The second kappa shape index (κ2) is 6.85. The van der Waals surface area contributed by atoms with E-state index in [0.717, 1.165) is 45.8 Å². The van der Waals surface area contributed by atoms with Gasteiger partial charge in [0.15, 0.2) is 0 Å². The largest absolute Gasteiger partial charge is 0.384 e. The van der Waals surface area contributed by atoms with Gasteiger partial charge >= 0.3 is 0 Å². The van der Waals surface area contributed by atoms with Crippen LogP contribution in [0.25, 0.3) is 0 Å². The second-order valence-corrected chi connectivity index (χ2v) is 5.82. The molecule has 0 radical (unpaired) electrons. The number of morpholine rings is 1. The zero-order chi connectivity index (χ0) is 12.8. The maximum absolute atomic E-state index is 5.75. The van der Waals surface area contributed by atoms with Crippen LogP contribution in [-0.2, 0) is 9.47 Å². The fourth-order valence-electron chi connectivity index (χ4n) is 3.26. The molecule has 106 valence electrons. The summed E-state index contributed by atoms with van der Waals surface area (Å²) >= 11 is 0. The van der Waals surface area contributed by atoms with Crippen LogP contribution in [0, 0.1) is 5.41 Å². The monoisotopic (exact) mass is 256 g/mol. The van der Waals surface area contributed by atoms with Gasteiger partial charge in [0, 0.05) is 32.2 Å². The van der Waals surface area contributed by atoms with E-state index in [2.05, 4.69) is 17.1 Å². The van der Waals surface area contributed by atoms with Crippen LogP contribution in [0.15, 0.2) is 0 Å². The molecule has 2 fully saturated rings. The number of nitrogens with zero attached hydrogens (tertiary/aromatic N) is 1. The summed E-state index contributed by atoms with van der Waals surface area (Å²) < 4.78 is 11.2. The van der Waals surface area contributed by atoms with Gasteiger partial charge in [0.2, 0.25) is 0 Å². The van der Waals surface area contributed by atoms with Crippen LogP contribution < -0.4 is 5.32 Å². The fourth-order valence-corrected chi connectivity index (χ4v) is 3.26. The molecule has 2 saturated heterocycles. The molecule has 2 aliphatic rings. The lowest BCUT2D eigenvalue weighted by atomic mass is 9.79. The van der Waals surface area contributed by atoms with E-state index >= 15 is 0 Å². The standard InChI is InChI=1S/C14H28N2O2/c1-3-13-10-16(8-9-18-13)11-14(12-17-2)4-6-15-7-5-14/h13,15H,3-12H2,1-2H3. The topological polar surface area (TPSA) is 33.7 Å². The normalized spacial score (nSPS) is 29.3. The molecule has 1 unspecified atom stereocenters. The molecule has 1 N–H and O–H groups in total. The Morgan fingerprint density at radius 3 is 2.83 bits per heavy atom. The highest BCUT2D eigenvalue weighted by Gasteiger charge is 2.35. The van der Waals surface area contributed by atoms with Gasteiger partial charge in [0.05, 0.1) is 19.3 Å². The molecule has 0 aromatic heterocycles. The van der Waals surface area contributed by atoms with Gasteiger partial charge in [-0.3, -0.25) is 4.90 Å². The molecule has 0 aliphatic carbocycles. The van der Waals surface area contributed by atoms with Gasteiger partial charge < -0.3 is 14.8 Å². The Hall–Kier alpha value is -0.160. The lowest BCUT2D eigenvalue weighted by Gasteiger charge is -2.43. The molecule has 18 heavy (non-hydrogen) atoms. The maximum atomic E-state index is 5.75. The van der Waals surface area contributed by atoms with Crippen molar-refractivity contribution in [3.63, 3.8) is 0 Å². The number of methoxy groups -OCH3 is 1. The molecule has 4 nitrogen and oxygen atoms in total. The highest BCUT2D eigenvalue weighted by atomic mass is 16.5. The van der Waals surface area contributed by atoms with E-state index in [-0.39, 0.29) is 0 Å². The first-order chi connectivity index (χ1) is 8.78. The molecule has 2 rings (SSSR count). The third kappa shape index (κ3) is 3.67. The predicted molar refractivity (Wildman–Crippen MR) is 72.9 cm³/mol. The summed E-state index contributed by atoms with van der Waals surface area (Å²) in [5, 5.41) is 3.46. The second-order valence-electron chi connectivity index (χ2n) is 5.82. The first-order valence-corrected chi connectivity index (χ1v) is 7.31. The number of piperidine rings is 1. The van der Waals surface area contributed by atoms with Gasteiger partial charge in [-0.1, -0.05) is 6.92 Å². The Morgan fingerprint density at radius 2 is 2.17 bits per heavy atom. The SMILES string of the molecule is CCC1CN(CC2(COC)CCNCC2)CCO1. The zero-order valence-electron chi connectivity index (χ0n) is 11.9. The van der Waals surface area contributed by atoms with Crippen molar-refractivity contribution in [1.29, 1.82) is 0 Å². The van der Waals surface area contributed by atoms with Crippen LogP contribution in [0.2, 0.25) is 0 Å². The van der Waals surface area contributed by atoms with Gasteiger partial charge in [-0.2, -0.15) is 0 Å². The van der Waals surface area contributed by atoms with E-state index in [4.69, 9.17) is 9.47 Å². The van der Waals surface area contributed by atoms with Gasteiger partial charge in [-0.15, -0.1) is 0 Å². The van der Waals surface area contributed by atoms with E-state index in [9.17, 15) is 0 Å². The lowest BCUT2D eigenvalue weighted by Crippen LogP contribution is -2.51. The first kappa shape index (κ1) is 14.3. The molecular formula is C14H28N2O2. The summed E-state index contributed by atoms with van der Waals surface area (Å²) in [7, 11) is 1.83. The van der Waals surface area contributed by atoms with Crippen molar-refractivity contribution < 1.29 is 9.47 Å². The smallest absolute Gasteiger partial charge is 0.0700 e. The molecule has 0 saturated carbocycles. The van der Waals surface area contributed by atoms with Crippen molar-refractivity contribution in [3.8, 4) is 0 Å². The summed E-state index contributed by atoms with van der Waals surface area (Å²) in [4.78, 5) is 2.59. The Morgan fingerprint density at radius 1 is 1.39 bits per heavy atom. The van der Waals surface area contributed by atoms with Gasteiger partial charge in [-0.25, -0.2) is 0 Å². The minimum absolute atomic E-state index is 0.357. The molecule has 0 amide bonds. The number of rotatable bonds is 5. The predicted octanol–water partition coefficient (Wildman–Crippen LogP) is 1.11. The van der Waals surface area contributed by atoms with Crippen LogP contribution >= 0.6 is 0 Å². The molecule has 4 heteroatoms. The molecule has 2 heterocycles. The molecule has 1 atom stereocenters. The van der Waals surface area contributed by atoms with Gasteiger partial charge in [-0.05, 0) is 32.4 Å². The van der Waals surface area contributed by atoms with E-state index < -0.39 is 0 Å². The fraction of sp³-hybridized carbons (Fsp3) is 1.00. The van der Waals surface area contributed by atoms with Gasteiger partial charge in [0.25, 0.3) is 0 Å². The number of hydrogen-bond donors (Lipinski definition) is 1. The number of nitrogens with one attached hydrogen (secondary N) is 1. The first-order valence-electron chi connectivity index (χ1n) is 7.31. The molecular weight excluding hydrogens is 228 g/mol. The van der Waals surface area contributed by atoms with Crippen molar-refractivity contribution in [2.24, 2.45) is 5.41 Å². The Labute approximate surface area is 111 Å². The van der Waals surface area contributed by atoms with Crippen LogP contribution in [-0.4, -0.2) is 64.1 Å². The van der Waals surface area contributed by atoms with Crippen molar-refractivity contribution in [2.45, 2.75) is 32.3 Å². The number of ether oxygens (including phenoxy) is 2. The summed E-state index contributed by atoms with van der Waals surface area (Å²) in [6.07, 6.45) is 4.01.